The van der Waals surface area contributed by atoms with Crippen LogP contribution in [0.1, 0.15) is 50.8 Å². The first kappa shape index (κ1) is 24.0. The Balaban J connectivity index is 1.61. The van der Waals surface area contributed by atoms with Crippen LogP contribution in [0, 0.1) is 5.41 Å². The molecule has 1 aliphatic heterocycles. The lowest BCUT2D eigenvalue weighted by molar-refractivity contribution is -0.154. The van der Waals surface area contributed by atoms with Crippen LogP contribution in [0.25, 0.3) is 0 Å². The summed E-state index contributed by atoms with van der Waals surface area (Å²) in [7, 11) is 0. The SMILES string of the molecule is CC(C)(C)CC(=O)Nc1ccc([C@@H](O)[C@H]2COCC(=O)N2CCCc2ccccc2)cc1. The maximum Gasteiger partial charge on any atom is 0.248 e. The molecule has 0 unspecified atom stereocenters. The number of ether oxygens (including phenoxy) is 1. The summed E-state index contributed by atoms with van der Waals surface area (Å²) in [5.74, 6) is -0.138. The van der Waals surface area contributed by atoms with Gasteiger partial charge in [-0.25, -0.2) is 0 Å². The zero-order valence-corrected chi connectivity index (χ0v) is 19.2. The summed E-state index contributed by atoms with van der Waals surface area (Å²) in [4.78, 5) is 26.4. The van der Waals surface area contributed by atoms with Gasteiger partial charge in [-0.15, -0.1) is 0 Å². The molecule has 6 heteroatoms. The predicted octanol–water partition coefficient (Wildman–Crippen LogP) is 3.95. The third-order valence-electron chi connectivity index (χ3n) is 5.53. The molecule has 1 aliphatic rings. The first-order valence-corrected chi connectivity index (χ1v) is 11.2. The molecule has 1 fully saturated rings. The van der Waals surface area contributed by atoms with Crippen molar-refractivity contribution in [2.75, 3.05) is 25.1 Å². The third-order valence-corrected chi connectivity index (χ3v) is 5.53. The second-order valence-electron chi connectivity index (χ2n) is 9.61. The molecule has 0 saturated carbocycles. The molecule has 1 saturated heterocycles. The van der Waals surface area contributed by atoms with Gasteiger partial charge in [-0.2, -0.15) is 0 Å². The minimum absolute atomic E-state index is 0.0401. The van der Waals surface area contributed by atoms with Gasteiger partial charge in [0.25, 0.3) is 0 Å². The number of nitrogens with one attached hydrogen (secondary N) is 1. The van der Waals surface area contributed by atoms with Crippen LogP contribution in [0.4, 0.5) is 5.69 Å². The highest BCUT2D eigenvalue weighted by molar-refractivity contribution is 5.91. The third kappa shape index (κ3) is 6.90. The van der Waals surface area contributed by atoms with Crippen molar-refractivity contribution in [2.45, 2.75) is 52.2 Å². The Labute approximate surface area is 190 Å². The van der Waals surface area contributed by atoms with Gasteiger partial charge in [0.2, 0.25) is 11.8 Å². The molecule has 0 spiro atoms. The van der Waals surface area contributed by atoms with E-state index in [1.165, 1.54) is 5.56 Å². The summed E-state index contributed by atoms with van der Waals surface area (Å²) in [5, 5.41) is 13.9. The fourth-order valence-electron chi connectivity index (χ4n) is 3.95. The molecule has 0 bridgehead atoms. The standard InChI is InChI=1S/C26H34N2O4/c1-26(2,3)16-23(29)27-21-13-11-20(12-14-21)25(31)22-17-32-18-24(30)28(22)15-7-10-19-8-5-4-6-9-19/h4-6,8-9,11-14,22,25,31H,7,10,15-18H2,1-3H3,(H,27,29)/t22-,25-/m1/s1. The molecule has 172 valence electrons. The Morgan fingerprint density at radius 2 is 1.84 bits per heavy atom. The van der Waals surface area contributed by atoms with Crippen molar-refractivity contribution in [3.63, 3.8) is 0 Å². The van der Waals surface area contributed by atoms with Crippen molar-refractivity contribution in [2.24, 2.45) is 5.41 Å². The zero-order chi connectivity index (χ0) is 23.1. The average Bonchev–Trinajstić information content (AvgIpc) is 2.74. The van der Waals surface area contributed by atoms with Gasteiger partial charge in [-0.3, -0.25) is 9.59 Å². The van der Waals surface area contributed by atoms with Crippen LogP contribution in [0.3, 0.4) is 0 Å². The summed E-state index contributed by atoms with van der Waals surface area (Å²) >= 11 is 0. The lowest BCUT2D eigenvalue weighted by Gasteiger charge is -2.38. The van der Waals surface area contributed by atoms with E-state index in [9.17, 15) is 14.7 Å². The topological polar surface area (TPSA) is 78.9 Å². The summed E-state index contributed by atoms with van der Waals surface area (Å²) in [6.07, 6.45) is 1.25. The van der Waals surface area contributed by atoms with E-state index in [4.69, 9.17) is 4.74 Å². The van der Waals surface area contributed by atoms with Gasteiger partial charge >= 0.3 is 0 Å². The molecule has 2 N–H and O–H groups in total. The number of hydrogen-bond acceptors (Lipinski definition) is 4. The number of morpholine rings is 1. The molecule has 2 aromatic rings. The van der Waals surface area contributed by atoms with Crippen LogP contribution < -0.4 is 5.32 Å². The van der Waals surface area contributed by atoms with Crippen LogP contribution >= 0.6 is 0 Å². The number of anilines is 1. The van der Waals surface area contributed by atoms with E-state index in [1.54, 1.807) is 29.2 Å². The highest BCUT2D eigenvalue weighted by atomic mass is 16.5. The van der Waals surface area contributed by atoms with Crippen molar-refractivity contribution in [3.05, 3.63) is 65.7 Å². The second-order valence-corrected chi connectivity index (χ2v) is 9.61. The Morgan fingerprint density at radius 1 is 1.16 bits per heavy atom. The number of aliphatic hydroxyl groups excluding tert-OH is 1. The number of carbonyl (C=O) groups is 2. The first-order valence-electron chi connectivity index (χ1n) is 11.2. The van der Waals surface area contributed by atoms with Gasteiger partial charge in [-0.05, 0) is 41.5 Å². The number of rotatable bonds is 8. The highest BCUT2D eigenvalue weighted by Crippen LogP contribution is 2.26. The summed E-state index contributed by atoms with van der Waals surface area (Å²) in [6, 6.07) is 16.9. The molecule has 2 amide bonds. The Bertz CT molecular complexity index is 890. The van der Waals surface area contributed by atoms with Crippen molar-refractivity contribution < 1.29 is 19.4 Å². The monoisotopic (exact) mass is 438 g/mol. The molecular weight excluding hydrogens is 404 g/mol. The number of hydrogen-bond donors (Lipinski definition) is 2. The van der Waals surface area contributed by atoms with Gasteiger partial charge in [0, 0.05) is 18.7 Å². The van der Waals surface area contributed by atoms with Crippen LogP contribution in [-0.4, -0.2) is 47.6 Å². The second kappa shape index (κ2) is 10.7. The lowest BCUT2D eigenvalue weighted by Crippen LogP contribution is -2.52. The molecule has 6 nitrogen and oxygen atoms in total. The van der Waals surface area contributed by atoms with E-state index < -0.39 is 12.1 Å². The molecule has 2 aromatic carbocycles. The summed E-state index contributed by atoms with van der Waals surface area (Å²) in [5.41, 5.74) is 2.52. The van der Waals surface area contributed by atoms with Crippen LogP contribution in [-0.2, 0) is 20.7 Å². The lowest BCUT2D eigenvalue weighted by atomic mass is 9.92. The van der Waals surface area contributed by atoms with Gasteiger partial charge in [-0.1, -0.05) is 63.2 Å². The predicted molar refractivity (Wildman–Crippen MR) is 125 cm³/mol. The Kier molecular flexibility index (Phi) is 8.04. The van der Waals surface area contributed by atoms with Crippen molar-refractivity contribution in [3.8, 4) is 0 Å². The van der Waals surface area contributed by atoms with Gasteiger partial charge in [0.15, 0.2) is 0 Å². The maximum atomic E-state index is 12.5. The van der Waals surface area contributed by atoms with Crippen LogP contribution in [0.2, 0.25) is 0 Å². The number of amides is 2. The molecule has 0 aromatic heterocycles. The minimum Gasteiger partial charge on any atom is -0.386 e. The molecule has 0 aliphatic carbocycles. The van der Waals surface area contributed by atoms with Crippen molar-refractivity contribution in [1.29, 1.82) is 0 Å². The Morgan fingerprint density at radius 3 is 2.50 bits per heavy atom. The van der Waals surface area contributed by atoms with E-state index in [-0.39, 0.29) is 23.8 Å². The van der Waals surface area contributed by atoms with E-state index >= 15 is 0 Å². The van der Waals surface area contributed by atoms with E-state index in [0.717, 1.165) is 12.8 Å². The molecular formula is C26H34N2O4. The summed E-state index contributed by atoms with van der Waals surface area (Å²) in [6.45, 7) is 6.97. The number of aliphatic hydroxyl groups is 1. The fraction of sp³-hybridized carbons (Fsp3) is 0.462. The van der Waals surface area contributed by atoms with Crippen LogP contribution in [0.15, 0.2) is 54.6 Å². The highest BCUT2D eigenvalue weighted by Gasteiger charge is 2.34. The van der Waals surface area contributed by atoms with Gasteiger partial charge in [0.1, 0.15) is 12.7 Å². The largest absolute Gasteiger partial charge is 0.386 e. The number of nitrogens with zero attached hydrogens (tertiary/aromatic N) is 1. The van der Waals surface area contributed by atoms with Gasteiger partial charge < -0.3 is 20.1 Å². The van der Waals surface area contributed by atoms with Crippen LogP contribution in [0.5, 0.6) is 0 Å². The number of benzene rings is 2. The van der Waals surface area contributed by atoms with Crippen molar-refractivity contribution in [1.82, 2.24) is 4.90 Å². The summed E-state index contributed by atoms with van der Waals surface area (Å²) < 4.78 is 5.45. The molecule has 32 heavy (non-hydrogen) atoms. The first-order chi connectivity index (χ1) is 15.2. The van der Waals surface area contributed by atoms with E-state index in [0.29, 0.717) is 30.8 Å². The smallest absolute Gasteiger partial charge is 0.248 e. The number of carbonyl (C=O) groups excluding carboxylic acids is 2. The average molecular weight is 439 g/mol. The maximum absolute atomic E-state index is 12.5. The number of aryl methyl sites for hydroxylation is 1. The molecule has 1 heterocycles. The Hall–Kier alpha value is -2.70. The van der Waals surface area contributed by atoms with E-state index in [2.05, 4.69) is 17.4 Å². The quantitative estimate of drug-likeness (QED) is 0.654. The molecule has 2 atom stereocenters. The fourth-order valence-corrected chi connectivity index (χ4v) is 3.95. The molecule has 3 rings (SSSR count). The van der Waals surface area contributed by atoms with Gasteiger partial charge in [0.05, 0.1) is 12.6 Å². The molecule has 0 radical (unpaired) electrons. The van der Waals surface area contributed by atoms with Crippen molar-refractivity contribution >= 4 is 17.5 Å². The minimum atomic E-state index is -0.865. The zero-order valence-electron chi connectivity index (χ0n) is 19.2. The van der Waals surface area contributed by atoms with E-state index in [1.807, 2.05) is 39.0 Å². The normalized spacial score (nSPS) is 17.8.